The first-order chi connectivity index (χ1) is 24.6. The van der Waals surface area contributed by atoms with E-state index in [1.165, 1.54) is 108 Å². The Kier molecular flexibility index (Phi) is 13.4. The molecule has 0 heterocycles. The number of allylic oxidation sites excluding steroid dienone is 1. The van der Waals surface area contributed by atoms with Crippen LogP contribution in [0.25, 0.3) is 0 Å². The van der Waals surface area contributed by atoms with Crippen LogP contribution >= 0.6 is 0 Å². The van der Waals surface area contributed by atoms with Crippen LogP contribution in [0.3, 0.4) is 0 Å². The Labute approximate surface area is 313 Å². The van der Waals surface area contributed by atoms with Crippen molar-refractivity contribution in [2.75, 3.05) is 6.61 Å². The minimum absolute atomic E-state index is 0.0143. The molecule has 51 heavy (non-hydrogen) atoms. The fourth-order valence-electron chi connectivity index (χ4n) is 12.7. The summed E-state index contributed by atoms with van der Waals surface area (Å²) >= 11 is 0. The third-order valence-electron chi connectivity index (χ3n) is 15.8. The van der Waals surface area contributed by atoms with Gasteiger partial charge in [0.25, 0.3) is 0 Å². The Hall–Kier alpha value is -1.77. The standard InChI is InChI=1S/C48H76O3/c1-7-8-14-36-16-18-37(19-17-36)38-20-23-40(24-21-38)50-32-10-9-15-46(49)51-41-28-30-47(5)39(33-41)22-25-42-44-27-26-43(35(4)13-11-12-34(2)3)48(44,6)31-29-45(42)47/h20-24,34-37,41-45H,7-19,25-33H2,1-6H3/t35-,36?,37?,41?,42+,43-,44+,45+,47+,48-/m1/s1. The van der Waals surface area contributed by atoms with Gasteiger partial charge in [0, 0.05) is 12.8 Å². The van der Waals surface area contributed by atoms with Gasteiger partial charge in [-0.2, -0.15) is 0 Å². The van der Waals surface area contributed by atoms with E-state index in [2.05, 4.69) is 71.9 Å². The molecule has 1 unspecified atom stereocenters. The molecule has 6 rings (SSSR count). The van der Waals surface area contributed by atoms with Crippen molar-refractivity contribution in [3.8, 4) is 5.75 Å². The third-order valence-corrected chi connectivity index (χ3v) is 15.8. The zero-order valence-electron chi connectivity index (χ0n) is 33.9. The number of carbonyl (C=O) groups is 1. The summed E-state index contributed by atoms with van der Waals surface area (Å²) < 4.78 is 12.2. The van der Waals surface area contributed by atoms with Crippen molar-refractivity contribution < 1.29 is 14.3 Å². The molecule has 286 valence electrons. The van der Waals surface area contributed by atoms with Crippen molar-refractivity contribution in [2.24, 2.45) is 52.3 Å². The van der Waals surface area contributed by atoms with E-state index in [4.69, 9.17) is 9.47 Å². The third kappa shape index (κ3) is 9.13. The lowest BCUT2D eigenvalue weighted by Gasteiger charge is -2.58. The maximum absolute atomic E-state index is 12.9. The number of rotatable bonds is 16. The van der Waals surface area contributed by atoms with E-state index in [9.17, 15) is 4.79 Å². The molecule has 1 aromatic rings. The van der Waals surface area contributed by atoms with Crippen LogP contribution in [-0.4, -0.2) is 18.7 Å². The number of hydrogen-bond donors (Lipinski definition) is 0. The summed E-state index contributed by atoms with van der Waals surface area (Å²) in [5.74, 6) is 7.78. The molecule has 0 aliphatic heterocycles. The molecule has 0 N–H and O–H groups in total. The molecule has 8 atom stereocenters. The van der Waals surface area contributed by atoms with Gasteiger partial charge in [-0.15, -0.1) is 0 Å². The largest absolute Gasteiger partial charge is 0.494 e. The van der Waals surface area contributed by atoms with Crippen molar-refractivity contribution in [3.63, 3.8) is 0 Å². The van der Waals surface area contributed by atoms with Crippen molar-refractivity contribution in [1.82, 2.24) is 0 Å². The maximum Gasteiger partial charge on any atom is 0.306 e. The average molecular weight is 701 g/mol. The second-order valence-corrected chi connectivity index (χ2v) is 19.4. The van der Waals surface area contributed by atoms with Crippen molar-refractivity contribution in [2.45, 2.75) is 188 Å². The molecule has 0 aromatic heterocycles. The molecule has 0 radical (unpaired) electrons. The van der Waals surface area contributed by atoms with Crippen molar-refractivity contribution >= 4 is 5.97 Å². The number of fused-ring (bicyclic) bond motifs is 5. The van der Waals surface area contributed by atoms with Gasteiger partial charge in [0.1, 0.15) is 11.9 Å². The molecule has 0 spiro atoms. The lowest BCUT2D eigenvalue weighted by Crippen LogP contribution is -2.51. The minimum atomic E-state index is -0.0143. The molecule has 0 bridgehead atoms. The number of unbranched alkanes of at least 4 members (excludes halogenated alkanes) is 2. The molecule has 3 heteroatoms. The molecule has 4 saturated carbocycles. The van der Waals surface area contributed by atoms with Crippen LogP contribution in [0, 0.1) is 52.3 Å². The average Bonchev–Trinajstić information content (AvgIpc) is 3.48. The Morgan fingerprint density at radius 3 is 2.37 bits per heavy atom. The molecular formula is C48H76O3. The number of carbonyl (C=O) groups excluding carboxylic acids is 1. The summed E-state index contributed by atoms with van der Waals surface area (Å²) in [6.07, 6.45) is 28.9. The Morgan fingerprint density at radius 2 is 1.63 bits per heavy atom. The highest BCUT2D eigenvalue weighted by Gasteiger charge is 2.59. The summed E-state index contributed by atoms with van der Waals surface area (Å²) in [6, 6.07) is 8.87. The smallest absolute Gasteiger partial charge is 0.306 e. The normalized spacial score (nSPS) is 35.4. The molecule has 5 aliphatic carbocycles. The number of benzene rings is 1. The summed E-state index contributed by atoms with van der Waals surface area (Å²) in [5, 5.41) is 0. The zero-order valence-corrected chi connectivity index (χ0v) is 33.9. The van der Waals surface area contributed by atoms with Crippen LogP contribution in [-0.2, 0) is 9.53 Å². The van der Waals surface area contributed by atoms with E-state index in [1.807, 2.05) is 0 Å². The quantitative estimate of drug-likeness (QED) is 0.0978. The van der Waals surface area contributed by atoms with Gasteiger partial charge in [-0.25, -0.2) is 0 Å². The van der Waals surface area contributed by atoms with Crippen LogP contribution in [0.5, 0.6) is 5.75 Å². The maximum atomic E-state index is 12.9. The first kappa shape index (κ1) is 38.9. The Bertz CT molecular complexity index is 1270. The van der Waals surface area contributed by atoms with E-state index in [-0.39, 0.29) is 12.1 Å². The topological polar surface area (TPSA) is 35.5 Å². The molecular weight excluding hydrogens is 625 g/mol. The predicted molar refractivity (Wildman–Crippen MR) is 213 cm³/mol. The molecule has 4 fully saturated rings. The summed E-state index contributed by atoms with van der Waals surface area (Å²) in [6.45, 7) is 15.6. The molecule has 0 saturated heterocycles. The first-order valence-corrected chi connectivity index (χ1v) is 22.2. The van der Waals surface area contributed by atoms with Crippen LogP contribution < -0.4 is 4.74 Å². The van der Waals surface area contributed by atoms with Crippen LogP contribution in [0.4, 0.5) is 0 Å². The monoisotopic (exact) mass is 701 g/mol. The minimum Gasteiger partial charge on any atom is -0.494 e. The fraction of sp³-hybridized carbons (Fsp3) is 0.812. The highest BCUT2D eigenvalue weighted by molar-refractivity contribution is 5.69. The van der Waals surface area contributed by atoms with E-state index >= 15 is 0 Å². The second kappa shape index (κ2) is 17.6. The van der Waals surface area contributed by atoms with Gasteiger partial charge in [0.15, 0.2) is 0 Å². The van der Waals surface area contributed by atoms with Gasteiger partial charge >= 0.3 is 5.97 Å². The van der Waals surface area contributed by atoms with E-state index in [1.54, 1.807) is 5.57 Å². The fourth-order valence-corrected chi connectivity index (χ4v) is 12.7. The first-order valence-electron chi connectivity index (χ1n) is 22.2. The van der Waals surface area contributed by atoms with E-state index in [0.717, 1.165) is 72.9 Å². The lowest BCUT2D eigenvalue weighted by atomic mass is 9.47. The molecule has 1 aromatic carbocycles. The van der Waals surface area contributed by atoms with Gasteiger partial charge in [0.05, 0.1) is 6.61 Å². The number of esters is 1. The summed E-state index contributed by atoms with van der Waals surface area (Å²) in [4.78, 5) is 12.9. The lowest BCUT2D eigenvalue weighted by molar-refractivity contribution is -0.151. The Morgan fingerprint density at radius 1 is 0.843 bits per heavy atom. The Balaban J connectivity index is 0.901. The van der Waals surface area contributed by atoms with Crippen molar-refractivity contribution in [1.29, 1.82) is 0 Å². The van der Waals surface area contributed by atoms with Gasteiger partial charge in [-0.05, 0) is 159 Å². The summed E-state index contributed by atoms with van der Waals surface area (Å²) in [5.41, 5.74) is 3.94. The van der Waals surface area contributed by atoms with Gasteiger partial charge in [0.2, 0.25) is 0 Å². The highest BCUT2D eigenvalue weighted by Crippen LogP contribution is 2.67. The predicted octanol–water partition coefficient (Wildman–Crippen LogP) is 13.7. The number of ether oxygens (including phenoxy) is 2. The SMILES string of the molecule is CCCCC1CCC(c2ccc(OCCCCC(=O)OC3CC[C@@]4(C)C(=CC[C@H]5[C@@H]6CC[C@H]([C@H](C)CCCC(C)C)[C@@]6(C)CC[C@@H]54)C3)cc2)CC1. The summed E-state index contributed by atoms with van der Waals surface area (Å²) in [7, 11) is 0. The van der Waals surface area contributed by atoms with Gasteiger partial charge in [-0.1, -0.05) is 104 Å². The van der Waals surface area contributed by atoms with E-state index in [0.29, 0.717) is 29.8 Å². The molecule has 3 nitrogen and oxygen atoms in total. The number of hydrogen-bond acceptors (Lipinski definition) is 3. The molecule has 5 aliphatic rings. The second-order valence-electron chi connectivity index (χ2n) is 19.4. The van der Waals surface area contributed by atoms with E-state index < -0.39 is 0 Å². The van der Waals surface area contributed by atoms with Gasteiger partial charge in [-0.3, -0.25) is 4.79 Å². The van der Waals surface area contributed by atoms with Crippen LogP contribution in [0.2, 0.25) is 0 Å². The van der Waals surface area contributed by atoms with Crippen molar-refractivity contribution in [3.05, 3.63) is 41.5 Å². The highest BCUT2D eigenvalue weighted by atomic mass is 16.5. The van der Waals surface area contributed by atoms with Crippen LogP contribution in [0.15, 0.2) is 35.9 Å². The van der Waals surface area contributed by atoms with Crippen LogP contribution in [0.1, 0.15) is 188 Å². The molecule has 0 amide bonds. The van der Waals surface area contributed by atoms with Gasteiger partial charge < -0.3 is 9.47 Å². The zero-order chi connectivity index (χ0) is 36.0.